The quantitative estimate of drug-likeness (QED) is 0.180. The average molecular weight is 575 g/mol. The van der Waals surface area contributed by atoms with Crippen LogP contribution in [0.2, 0.25) is 0 Å². The number of rotatable bonds is 10. The van der Waals surface area contributed by atoms with Crippen LogP contribution in [0.3, 0.4) is 0 Å². The lowest BCUT2D eigenvalue weighted by molar-refractivity contribution is 0.726. The molecule has 0 saturated heterocycles. The van der Waals surface area contributed by atoms with Gasteiger partial charge in [0.2, 0.25) is 0 Å². The van der Waals surface area contributed by atoms with Crippen LogP contribution < -0.4 is 5.32 Å². The van der Waals surface area contributed by atoms with Crippen molar-refractivity contribution >= 4 is 16.6 Å². The van der Waals surface area contributed by atoms with E-state index in [-0.39, 0.29) is 6.04 Å². The van der Waals surface area contributed by atoms with Gasteiger partial charge in [-0.2, -0.15) is 0 Å². The van der Waals surface area contributed by atoms with E-state index in [1.807, 2.05) is 0 Å². The summed E-state index contributed by atoms with van der Waals surface area (Å²) in [5.41, 5.74) is 13.3. The van der Waals surface area contributed by atoms with E-state index in [0.29, 0.717) is 11.8 Å². The fourth-order valence-electron chi connectivity index (χ4n) is 6.80. The Balaban J connectivity index is 1.79. The fourth-order valence-corrected chi connectivity index (χ4v) is 6.80. The molecule has 0 aliphatic heterocycles. The molecule has 0 fully saturated rings. The van der Waals surface area contributed by atoms with Gasteiger partial charge in [0.25, 0.3) is 0 Å². The highest BCUT2D eigenvalue weighted by Gasteiger charge is 2.28. The van der Waals surface area contributed by atoms with Gasteiger partial charge in [-0.15, -0.1) is 0 Å². The molecule has 0 aliphatic carbocycles. The number of aromatic nitrogens is 3. The lowest BCUT2D eigenvalue weighted by Gasteiger charge is -2.29. The number of nitrogens with zero attached hydrogens (tertiary/aromatic N) is 3. The molecular formula is C39H50N4. The topological polar surface area (TPSA) is 34.8 Å². The Morgan fingerprint density at radius 2 is 1.40 bits per heavy atom. The maximum Gasteiger partial charge on any atom is 0.155 e. The molecule has 0 spiro atoms. The summed E-state index contributed by atoms with van der Waals surface area (Å²) in [5.74, 6) is 2.80. The van der Waals surface area contributed by atoms with Crippen molar-refractivity contribution in [2.24, 2.45) is 7.05 Å². The monoisotopic (exact) mass is 574 g/mol. The Kier molecular flexibility index (Phi) is 8.87. The minimum absolute atomic E-state index is 0.102. The number of imidazole rings is 1. The standard InChI is InChI=1S/C39H50N4/c1-11-28-21-29(12-2)36(30(13-3)22-28)38(41-37-31(24(4)5)18-16-19-32(37)25(6)7)39-40-35(23-42(39)10)43-27(9)26(8)33-17-14-15-20-34(33)43/h14-25,38,41H,11-13H2,1-10H3. The third-order valence-electron chi connectivity index (χ3n) is 9.35. The molecule has 0 aliphatic rings. The SMILES string of the molecule is CCc1cc(CC)c(C(Nc2c(C(C)C)cccc2C(C)C)c2nc(-n3c(C)c(C)c4ccccc43)cn2C)c(CC)c1. The summed E-state index contributed by atoms with van der Waals surface area (Å²) in [6, 6.07) is 20.2. The van der Waals surface area contributed by atoms with Crippen LogP contribution in [0.4, 0.5) is 5.69 Å². The van der Waals surface area contributed by atoms with E-state index >= 15 is 0 Å². The normalized spacial score (nSPS) is 12.6. The van der Waals surface area contributed by atoms with Crippen molar-refractivity contribution in [1.29, 1.82) is 0 Å². The van der Waals surface area contributed by atoms with Crippen LogP contribution in [0.15, 0.2) is 60.8 Å². The van der Waals surface area contributed by atoms with Crippen LogP contribution in [-0.2, 0) is 26.3 Å². The summed E-state index contributed by atoms with van der Waals surface area (Å²) < 4.78 is 4.57. The van der Waals surface area contributed by atoms with Gasteiger partial charge in [-0.3, -0.25) is 4.57 Å². The van der Waals surface area contributed by atoms with Crippen LogP contribution in [0, 0.1) is 13.8 Å². The van der Waals surface area contributed by atoms with E-state index in [1.165, 1.54) is 61.2 Å². The van der Waals surface area contributed by atoms with Gasteiger partial charge in [0.05, 0.1) is 5.52 Å². The Morgan fingerprint density at radius 1 is 0.791 bits per heavy atom. The molecule has 0 radical (unpaired) electrons. The molecule has 2 heterocycles. The van der Waals surface area contributed by atoms with Crippen molar-refractivity contribution in [3.05, 3.63) is 111 Å². The number of hydrogen-bond acceptors (Lipinski definition) is 2. The molecule has 1 unspecified atom stereocenters. The van der Waals surface area contributed by atoms with E-state index in [1.54, 1.807) is 0 Å². The molecule has 2 aromatic heterocycles. The first-order valence-corrected chi connectivity index (χ1v) is 16.2. The first kappa shape index (κ1) is 30.7. The van der Waals surface area contributed by atoms with Crippen molar-refractivity contribution in [3.8, 4) is 5.82 Å². The molecule has 3 aromatic carbocycles. The molecule has 5 rings (SSSR count). The van der Waals surface area contributed by atoms with Gasteiger partial charge in [0, 0.05) is 30.0 Å². The van der Waals surface area contributed by atoms with Gasteiger partial charge < -0.3 is 9.88 Å². The Hall–Kier alpha value is -3.79. The van der Waals surface area contributed by atoms with Crippen LogP contribution in [-0.4, -0.2) is 14.1 Å². The highest BCUT2D eigenvalue weighted by Crippen LogP contribution is 2.39. The molecule has 43 heavy (non-hydrogen) atoms. The Bertz CT molecular complexity index is 1700. The molecule has 1 atom stereocenters. The largest absolute Gasteiger partial charge is 0.371 e. The molecule has 226 valence electrons. The lowest BCUT2D eigenvalue weighted by Crippen LogP contribution is -2.22. The highest BCUT2D eigenvalue weighted by molar-refractivity contribution is 5.86. The summed E-state index contributed by atoms with van der Waals surface area (Å²) in [7, 11) is 2.16. The molecule has 4 heteroatoms. The number of hydrogen-bond donors (Lipinski definition) is 1. The van der Waals surface area contributed by atoms with E-state index < -0.39 is 0 Å². The molecule has 1 N–H and O–H groups in total. The van der Waals surface area contributed by atoms with Crippen LogP contribution in [0.1, 0.15) is 117 Å². The number of anilines is 1. The van der Waals surface area contributed by atoms with Gasteiger partial charge in [-0.25, -0.2) is 4.98 Å². The Morgan fingerprint density at radius 3 is 1.95 bits per heavy atom. The molecule has 5 aromatic rings. The number of benzene rings is 3. The maximum atomic E-state index is 5.48. The van der Waals surface area contributed by atoms with E-state index in [4.69, 9.17) is 4.98 Å². The second-order valence-electron chi connectivity index (χ2n) is 12.7. The zero-order chi connectivity index (χ0) is 31.0. The van der Waals surface area contributed by atoms with Crippen molar-refractivity contribution < 1.29 is 0 Å². The lowest BCUT2D eigenvalue weighted by atomic mass is 9.87. The smallest absolute Gasteiger partial charge is 0.155 e. The first-order chi connectivity index (χ1) is 20.6. The molecular weight excluding hydrogens is 524 g/mol. The second kappa shape index (κ2) is 12.4. The minimum atomic E-state index is -0.102. The summed E-state index contributed by atoms with van der Waals surface area (Å²) >= 11 is 0. The number of fused-ring (bicyclic) bond motifs is 1. The highest BCUT2D eigenvalue weighted by atomic mass is 15.2. The number of nitrogens with one attached hydrogen (secondary N) is 1. The molecule has 0 amide bonds. The Labute approximate surface area is 259 Å². The zero-order valence-electron chi connectivity index (χ0n) is 28.0. The van der Waals surface area contributed by atoms with Crippen molar-refractivity contribution in [3.63, 3.8) is 0 Å². The second-order valence-corrected chi connectivity index (χ2v) is 12.7. The summed E-state index contributed by atoms with van der Waals surface area (Å²) in [4.78, 5) is 5.48. The van der Waals surface area contributed by atoms with Gasteiger partial charge in [0.15, 0.2) is 5.82 Å². The number of para-hydroxylation sites is 2. The zero-order valence-corrected chi connectivity index (χ0v) is 28.0. The van der Waals surface area contributed by atoms with Gasteiger partial charge in [-0.1, -0.05) is 97.0 Å². The van der Waals surface area contributed by atoms with Crippen LogP contribution >= 0.6 is 0 Å². The van der Waals surface area contributed by atoms with E-state index in [2.05, 4.69) is 145 Å². The van der Waals surface area contributed by atoms with Gasteiger partial charge in [-0.05, 0) is 90.0 Å². The molecule has 0 saturated carbocycles. The summed E-state index contributed by atoms with van der Waals surface area (Å²) in [6.45, 7) is 20.5. The maximum absolute atomic E-state index is 5.48. The minimum Gasteiger partial charge on any atom is -0.371 e. The number of aryl methyl sites for hydroxylation is 5. The molecule has 0 bridgehead atoms. The van der Waals surface area contributed by atoms with Crippen LogP contribution in [0.25, 0.3) is 16.7 Å². The predicted octanol–water partition coefficient (Wildman–Crippen LogP) is 10.1. The summed E-state index contributed by atoms with van der Waals surface area (Å²) in [5, 5.41) is 5.45. The van der Waals surface area contributed by atoms with E-state index in [9.17, 15) is 0 Å². The van der Waals surface area contributed by atoms with Crippen molar-refractivity contribution in [1.82, 2.24) is 14.1 Å². The van der Waals surface area contributed by atoms with Crippen molar-refractivity contribution in [2.75, 3.05) is 5.32 Å². The summed E-state index contributed by atoms with van der Waals surface area (Å²) in [6.07, 6.45) is 5.21. The average Bonchev–Trinajstić information content (AvgIpc) is 3.50. The first-order valence-electron chi connectivity index (χ1n) is 16.2. The van der Waals surface area contributed by atoms with Crippen LogP contribution in [0.5, 0.6) is 0 Å². The van der Waals surface area contributed by atoms with E-state index in [0.717, 1.165) is 30.9 Å². The van der Waals surface area contributed by atoms with Gasteiger partial charge >= 0.3 is 0 Å². The fraction of sp³-hybridized carbons (Fsp3) is 0.410. The van der Waals surface area contributed by atoms with Crippen molar-refractivity contribution in [2.45, 2.75) is 99.5 Å². The third-order valence-corrected chi connectivity index (χ3v) is 9.35. The molecule has 4 nitrogen and oxygen atoms in total. The third kappa shape index (κ3) is 5.53. The van der Waals surface area contributed by atoms with Gasteiger partial charge in [0.1, 0.15) is 11.9 Å². The predicted molar refractivity (Wildman–Crippen MR) is 184 cm³/mol.